The van der Waals surface area contributed by atoms with Crippen LogP contribution in [-0.4, -0.2) is 95.1 Å². The molecule has 12 heteroatoms. The summed E-state index contributed by atoms with van der Waals surface area (Å²) >= 11 is 0. The van der Waals surface area contributed by atoms with Crippen molar-refractivity contribution in [3.63, 3.8) is 0 Å². The van der Waals surface area contributed by atoms with Gasteiger partial charge in [-0.3, -0.25) is 0 Å². The first-order chi connectivity index (χ1) is 18.3. The fraction of sp³-hybridized carbons (Fsp3) is 0.538. The largest absolute Gasteiger partial charge is 0.504 e. The second-order valence-electron chi connectivity index (χ2n) is 9.60. The molecule has 5 rings (SSSR count). The van der Waals surface area contributed by atoms with Crippen molar-refractivity contribution in [2.24, 2.45) is 11.8 Å². The second kappa shape index (κ2) is 10.8. The number of phenolic OH excluding ortho intramolecular Hbond substituents is 1. The van der Waals surface area contributed by atoms with Crippen LogP contribution in [0.25, 0.3) is 0 Å². The van der Waals surface area contributed by atoms with Crippen molar-refractivity contribution >= 4 is 0 Å². The van der Waals surface area contributed by atoms with Gasteiger partial charge in [-0.1, -0.05) is 12.1 Å². The van der Waals surface area contributed by atoms with E-state index in [-0.39, 0.29) is 29.1 Å². The summed E-state index contributed by atoms with van der Waals surface area (Å²) in [4.78, 5) is 0. The lowest BCUT2D eigenvalue weighted by Crippen LogP contribution is -2.60. The zero-order chi connectivity index (χ0) is 27.1. The number of aliphatic hydroxyl groups is 5. The Morgan fingerprint density at radius 2 is 1.50 bits per heavy atom. The van der Waals surface area contributed by atoms with E-state index in [1.807, 2.05) is 0 Å². The molecule has 0 amide bonds. The third kappa shape index (κ3) is 4.67. The van der Waals surface area contributed by atoms with Crippen molar-refractivity contribution in [2.75, 3.05) is 27.4 Å². The summed E-state index contributed by atoms with van der Waals surface area (Å²) in [5.74, 6) is 0.221. The molecule has 38 heavy (non-hydrogen) atoms. The molecule has 0 bridgehead atoms. The van der Waals surface area contributed by atoms with Crippen LogP contribution in [0.5, 0.6) is 23.0 Å². The Morgan fingerprint density at radius 1 is 0.816 bits per heavy atom. The normalized spacial score (nSPS) is 36.6. The van der Waals surface area contributed by atoms with Crippen LogP contribution in [0.1, 0.15) is 23.3 Å². The Morgan fingerprint density at radius 3 is 2.21 bits per heavy atom. The molecule has 0 radical (unpaired) electrons. The molecule has 3 heterocycles. The van der Waals surface area contributed by atoms with Gasteiger partial charge in [0.1, 0.15) is 24.4 Å². The number of phenols is 1. The Labute approximate surface area is 218 Å². The van der Waals surface area contributed by atoms with Crippen LogP contribution in [0.2, 0.25) is 0 Å². The van der Waals surface area contributed by atoms with Gasteiger partial charge in [-0.25, -0.2) is 0 Å². The molecular formula is C26H32O12. The fourth-order valence-corrected chi connectivity index (χ4v) is 5.42. The summed E-state index contributed by atoms with van der Waals surface area (Å²) in [7, 11) is 2.89. The van der Waals surface area contributed by atoms with E-state index in [9.17, 15) is 30.6 Å². The van der Waals surface area contributed by atoms with E-state index in [0.29, 0.717) is 17.9 Å². The first kappa shape index (κ1) is 26.9. The Balaban J connectivity index is 1.35. The molecule has 2 aromatic rings. The molecule has 0 saturated carbocycles. The molecule has 0 aromatic heterocycles. The van der Waals surface area contributed by atoms with Gasteiger partial charge >= 0.3 is 0 Å². The topological polar surface area (TPSA) is 177 Å². The lowest BCUT2D eigenvalue weighted by Gasteiger charge is -2.39. The lowest BCUT2D eigenvalue weighted by molar-refractivity contribution is -0.277. The highest BCUT2D eigenvalue weighted by Crippen LogP contribution is 2.53. The molecule has 3 saturated heterocycles. The second-order valence-corrected chi connectivity index (χ2v) is 9.60. The van der Waals surface area contributed by atoms with Gasteiger partial charge in [0.25, 0.3) is 0 Å². The minimum atomic E-state index is -1.58. The molecule has 2 aromatic carbocycles. The van der Waals surface area contributed by atoms with Gasteiger partial charge in [0.05, 0.1) is 39.6 Å². The average molecular weight is 537 g/mol. The third-order valence-corrected chi connectivity index (χ3v) is 7.46. The van der Waals surface area contributed by atoms with Crippen LogP contribution in [0.3, 0.4) is 0 Å². The smallest absolute Gasteiger partial charge is 0.229 e. The van der Waals surface area contributed by atoms with Crippen LogP contribution < -0.4 is 14.2 Å². The van der Waals surface area contributed by atoms with Crippen molar-refractivity contribution in [1.29, 1.82) is 0 Å². The summed E-state index contributed by atoms with van der Waals surface area (Å²) in [5.41, 5.74) is 1.44. The average Bonchev–Trinajstić information content (AvgIpc) is 3.50. The number of ether oxygens (including phenoxy) is 6. The van der Waals surface area contributed by atoms with E-state index in [0.717, 1.165) is 5.56 Å². The summed E-state index contributed by atoms with van der Waals surface area (Å²) in [5, 5.41) is 60.5. The maximum atomic E-state index is 10.8. The number of aliphatic hydroxyl groups excluding tert-OH is 5. The molecule has 10 atom stereocenters. The van der Waals surface area contributed by atoms with Gasteiger partial charge in [-0.05, 0) is 35.4 Å². The molecule has 3 fully saturated rings. The number of benzene rings is 2. The minimum absolute atomic E-state index is 0.00464. The van der Waals surface area contributed by atoms with Crippen LogP contribution >= 0.6 is 0 Å². The predicted molar refractivity (Wildman–Crippen MR) is 128 cm³/mol. The molecular weight excluding hydrogens is 504 g/mol. The summed E-state index contributed by atoms with van der Waals surface area (Å²) in [6, 6.07) is 9.89. The van der Waals surface area contributed by atoms with Gasteiger partial charge in [0, 0.05) is 11.8 Å². The predicted octanol–water partition coefficient (Wildman–Crippen LogP) is -0.0183. The van der Waals surface area contributed by atoms with E-state index < -0.39 is 55.8 Å². The van der Waals surface area contributed by atoms with Crippen molar-refractivity contribution in [3.05, 3.63) is 47.5 Å². The number of rotatable bonds is 7. The molecule has 12 nitrogen and oxygen atoms in total. The van der Waals surface area contributed by atoms with Crippen molar-refractivity contribution < 1.29 is 59.1 Å². The standard InChI is InChI=1S/C26H32O12/c1-33-16-7-11(3-5-14(16)28)23-13-10-35-24(19(13)25(32)38-23)12-4-6-15(17(8-12)34-2)36-26-22(31)21(30)20(29)18(9-27)37-26/h3-8,13,18-32H,9-10H2,1-2H3. The maximum Gasteiger partial charge on any atom is 0.229 e. The van der Waals surface area contributed by atoms with Crippen LogP contribution in [0.15, 0.2) is 36.4 Å². The van der Waals surface area contributed by atoms with E-state index in [1.165, 1.54) is 20.3 Å². The van der Waals surface area contributed by atoms with Gasteiger partial charge in [-0.2, -0.15) is 0 Å². The number of hydrogen-bond acceptors (Lipinski definition) is 12. The van der Waals surface area contributed by atoms with Crippen molar-refractivity contribution in [1.82, 2.24) is 0 Å². The molecule has 0 spiro atoms. The van der Waals surface area contributed by atoms with Gasteiger partial charge in [0.2, 0.25) is 6.29 Å². The Bertz CT molecular complexity index is 1130. The molecule has 3 aliphatic rings. The minimum Gasteiger partial charge on any atom is -0.504 e. The first-order valence-electron chi connectivity index (χ1n) is 12.2. The highest BCUT2D eigenvalue weighted by Gasteiger charge is 2.53. The molecule has 208 valence electrons. The molecule has 10 unspecified atom stereocenters. The highest BCUT2D eigenvalue weighted by atomic mass is 16.7. The summed E-state index contributed by atoms with van der Waals surface area (Å²) in [6.07, 6.45) is -9.23. The number of fused-ring (bicyclic) bond motifs is 1. The lowest BCUT2D eigenvalue weighted by atomic mass is 9.84. The molecule has 6 N–H and O–H groups in total. The van der Waals surface area contributed by atoms with Crippen molar-refractivity contribution in [2.45, 2.75) is 49.2 Å². The van der Waals surface area contributed by atoms with E-state index in [2.05, 4.69) is 0 Å². The quantitative estimate of drug-likeness (QED) is 0.279. The van der Waals surface area contributed by atoms with Gasteiger partial charge in [-0.15, -0.1) is 0 Å². The third-order valence-electron chi connectivity index (χ3n) is 7.46. The van der Waals surface area contributed by atoms with Gasteiger partial charge < -0.3 is 59.1 Å². The molecule has 3 aliphatic heterocycles. The number of methoxy groups -OCH3 is 2. The summed E-state index contributed by atoms with van der Waals surface area (Å²) < 4.78 is 33.9. The SMILES string of the molecule is COc1cc(C2OC(O)C3C(c4ccc(OC5OC(CO)C(O)C(O)C5O)c(OC)c4)OCC23)ccc1O. The van der Waals surface area contributed by atoms with E-state index in [1.54, 1.807) is 30.3 Å². The van der Waals surface area contributed by atoms with Crippen LogP contribution in [0.4, 0.5) is 0 Å². The van der Waals surface area contributed by atoms with E-state index in [4.69, 9.17) is 28.4 Å². The zero-order valence-corrected chi connectivity index (χ0v) is 20.8. The van der Waals surface area contributed by atoms with Crippen molar-refractivity contribution in [3.8, 4) is 23.0 Å². The van der Waals surface area contributed by atoms with Gasteiger partial charge in [0.15, 0.2) is 29.3 Å². The summed E-state index contributed by atoms with van der Waals surface area (Å²) in [6.45, 7) is -0.254. The molecule has 0 aliphatic carbocycles. The van der Waals surface area contributed by atoms with E-state index >= 15 is 0 Å². The van der Waals surface area contributed by atoms with Crippen LogP contribution in [-0.2, 0) is 14.2 Å². The highest BCUT2D eigenvalue weighted by molar-refractivity contribution is 5.45. The first-order valence-corrected chi connectivity index (χ1v) is 12.2. The number of aromatic hydroxyl groups is 1. The Kier molecular flexibility index (Phi) is 7.67. The monoisotopic (exact) mass is 536 g/mol. The zero-order valence-electron chi connectivity index (χ0n) is 20.8. The van der Waals surface area contributed by atoms with Crippen LogP contribution in [0, 0.1) is 11.8 Å². The maximum absolute atomic E-state index is 10.8. The fourth-order valence-electron chi connectivity index (χ4n) is 5.42. The Hall–Kier alpha value is -2.68. The number of hydrogen-bond donors (Lipinski definition) is 6.